The summed E-state index contributed by atoms with van der Waals surface area (Å²) in [5.41, 5.74) is 4.92. The number of para-hydroxylation sites is 2. The van der Waals surface area contributed by atoms with Crippen LogP contribution in [0.5, 0.6) is 0 Å². The smallest absolute Gasteiger partial charge is 0.294 e. The minimum absolute atomic E-state index is 0.0629. The highest BCUT2D eigenvalue weighted by atomic mass is 32.2. The highest BCUT2D eigenvalue weighted by Gasteiger charge is 2.30. The van der Waals surface area contributed by atoms with Gasteiger partial charge in [-0.05, 0) is 31.0 Å². The lowest BCUT2D eigenvalue weighted by Crippen LogP contribution is -2.29. The lowest BCUT2D eigenvalue weighted by atomic mass is 10.1. The Labute approximate surface area is 171 Å². The fourth-order valence-electron chi connectivity index (χ4n) is 3.62. The van der Waals surface area contributed by atoms with Gasteiger partial charge in [0.25, 0.3) is 5.91 Å². The number of carbonyl (C=O) groups excluding carboxylic acids is 1. The summed E-state index contributed by atoms with van der Waals surface area (Å²) < 4.78 is 7.07. The van der Waals surface area contributed by atoms with Crippen molar-refractivity contribution in [1.29, 1.82) is 0 Å². The Morgan fingerprint density at radius 3 is 2.89 bits per heavy atom. The van der Waals surface area contributed by atoms with Crippen molar-refractivity contribution in [3.8, 4) is 0 Å². The monoisotopic (exact) mass is 406 g/mol. The van der Waals surface area contributed by atoms with Crippen LogP contribution in [0.15, 0.2) is 62.7 Å². The molecule has 1 aliphatic rings. The van der Waals surface area contributed by atoms with Crippen LogP contribution in [-0.2, 0) is 12.2 Å². The van der Waals surface area contributed by atoms with Crippen LogP contribution in [-0.4, -0.2) is 17.4 Å². The number of hydrogen-bond donors (Lipinski definition) is 0. The van der Waals surface area contributed by atoms with Crippen molar-refractivity contribution in [1.82, 2.24) is 4.98 Å². The van der Waals surface area contributed by atoms with Crippen molar-refractivity contribution in [2.24, 2.45) is 0 Å². The predicted octanol–water partition coefficient (Wildman–Crippen LogP) is 5.69. The van der Waals surface area contributed by atoms with Crippen molar-refractivity contribution >= 4 is 45.7 Å². The normalized spacial score (nSPS) is 13.2. The molecule has 2 aromatic heterocycles. The Bertz CT molecular complexity index is 1180. The minimum Gasteiger partial charge on any atom is -0.451 e. The van der Waals surface area contributed by atoms with Crippen molar-refractivity contribution < 1.29 is 9.21 Å². The third-order valence-corrected chi connectivity index (χ3v) is 7.13. The average Bonchev–Trinajstić information content (AvgIpc) is 3.42. The first-order valence-corrected chi connectivity index (χ1v) is 11.0. The molecular formula is C22H18N2O2S2. The lowest BCUT2D eigenvalue weighted by Gasteiger charge is -2.16. The maximum absolute atomic E-state index is 13.4. The van der Waals surface area contributed by atoms with E-state index >= 15 is 0 Å². The number of anilines is 1. The molecule has 1 aliphatic heterocycles. The van der Waals surface area contributed by atoms with Gasteiger partial charge in [-0.25, -0.2) is 4.98 Å². The van der Waals surface area contributed by atoms with Gasteiger partial charge in [0, 0.05) is 40.0 Å². The molecule has 0 bridgehead atoms. The summed E-state index contributed by atoms with van der Waals surface area (Å²) in [5, 5.41) is 3.04. The lowest BCUT2D eigenvalue weighted by molar-refractivity contribution is 0.0964. The molecule has 0 unspecified atom stereocenters. The zero-order chi connectivity index (χ0) is 19.1. The van der Waals surface area contributed by atoms with E-state index in [2.05, 4.69) is 11.1 Å². The van der Waals surface area contributed by atoms with Gasteiger partial charge in [0.05, 0.1) is 0 Å². The molecule has 3 heterocycles. The molecule has 1 amide bonds. The number of carbonyl (C=O) groups is 1. The summed E-state index contributed by atoms with van der Waals surface area (Å²) in [6.07, 6.45) is 0.880. The van der Waals surface area contributed by atoms with Crippen LogP contribution in [0.2, 0.25) is 0 Å². The predicted molar refractivity (Wildman–Crippen MR) is 114 cm³/mol. The standard InChI is InChI=1S/C22H18N2O2S2/c1-14-12-27-22(23-14)28-13-17-16-7-3-5-9-19(16)26-20(17)21(25)24-11-10-15-6-2-4-8-18(15)24/h2-9,12H,10-11,13H2,1H3. The first-order valence-electron chi connectivity index (χ1n) is 9.16. The van der Waals surface area contributed by atoms with Crippen molar-refractivity contribution in [3.63, 3.8) is 0 Å². The van der Waals surface area contributed by atoms with Crippen LogP contribution >= 0.6 is 23.1 Å². The summed E-state index contributed by atoms with van der Waals surface area (Å²) >= 11 is 3.28. The summed E-state index contributed by atoms with van der Waals surface area (Å²) in [4.78, 5) is 19.8. The largest absolute Gasteiger partial charge is 0.451 e. The van der Waals surface area contributed by atoms with E-state index in [9.17, 15) is 4.79 Å². The highest BCUT2D eigenvalue weighted by Crippen LogP contribution is 2.36. The van der Waals surface area contributed by atoms with E-state index in [0.717, 1.165) is 38.7 Å². The maximum atomic E-state index is 13.4. The SMILES string of the molecule is Cc1csc(SCc2c(C(=O)N3CCc4ccccc43)oc3ccccc23)n1. The van der Waals surface area contributed by atoms with E-state index in [-0.39, 0.29) is 5.91 Å². The van der Waals surface area contributed by atoms with Gasteiger partial charge in [0.1, 0.15) is 9.92 Å². The Hall–Kier alpha value is -2.57. The first-order chi connectivity index (χ1) is 13.7. The molecule has 28 heavy (non-hydrogen) atoms. The van der Waals surface area contributed by atoms with Crippen LogP contribution in [0.4, 0.5) is 5.69 Å². The molecular weight excluding hydrogens is 388 g/mol. The molecule has 0 saturated heterocycles. The second kappa shape index (κ2) is 7.11. The molecule has 4 nitrogen and oxygen atoms in total. The third kappa shape index (κ3) is 3.02. The Morgan fingerprint density at radius 1 is 1.21 bits per heavy atom. The van der Waals surface area contributed by atoms with Gasteiger partial charge in [-0.1, -0.05) is 48.2 Å². The van der Waals surface area contributed by atoms with Crippen molar-refractivity contribution in [2.45, 2.75) is 23.4 Å². The number of fused-ring (bicyclic) bond motifs is 2. The molecule has 0 radical (unpaired) electrons. The topological polar surface area (TPSA) is 46.3 Å². The molecule has 0 fully saturated rings. The number of hydrogen-bond acceptors (Lipinski definition) is 5. The second-order valence-electron chi connectivity index (χ2n) is 6.78. The minimum atomic E-state index is -0.0629. The molecule has 140 valence electrons. The molecule has 0 N–H and O–H groups in total. The fraction of sp³-hybridized carbons (Fsp3) is 0.182. The van der Waals surface area contributed by atoms with Gasteiger partial charge >= 0.3 is 0 Å². The number of furan rings is 1. The second-order valence-corrected chi connectivity index (χ2v) is 8.87. The number of nitrogens with zero attached hydrogens (tertiary/aromatic N) is 2. The molecule has 5 rings (SSSR count). The van der Waals surface area contributed by atoms with Gasteiger partial charge in [0.15, 0.2) is 5.76 Å². The van der Waals surface area contributed by atoms with Gasteiger partial charge in [0.2, 0.25) is 0 Å². The summed E-state index contributed by atoms with van der Waals surface area (Å²) in [6.45, 7) is 2.68. The number of aryl methyl sites for hydroxylation is 1. The fourth-order valence-corrected chi connectivity index (χ4v) is 5.50. The number of aromatic nitrogens is 1. The first kappa shape index (κ1) is 17.5. The van der Waals surface area contributed by atoms with Gasteiger partial charge in [-0.3, -0.25) is 4.79 Å². The zero-order valence-electron chi connectivity index (χ0n) is 15.3. The van der Waals surface area contributed by atoms with E-state index < -0.39 is 0 Å². The van der Waals surface area contributed by atoms with Crippen LogP contribution < -0.4 is 4.90 Å². The number of benzene rings is 2. The van der Waals surface area contributed by atoms with Gasteiger partial charge in [-0.15, -0.1) is 11.3 Å². The average molecular weight is 407 g/mol. The molecule has 0 aliphatic carbocycles. The van der Waals surface area contributed by atoms with Crippen LogP contribution in [0, 0.1) is 6.92 Å². The van der Waals surface area contributed by atoms with Gasteiger partial charge in [-0.2, -0.15) is 0 Å². The van der Waals surface area contributed by atoms with Crippen LogP contribution in [0.3, 0.4) is 0 Å². The van der Waals surface area contributed by atoms with E-state index in [1.165, 1.54) is 5.56 Å². The summed E-state index contributed by atoms with van der Waals surface area (Å²) in [5.74, 6) is 1.03. The highest BCUT2D eigenvalue weighted by molar-refractivity contribution is 8.00. The molecule has 0 spiro atoms. The van der Waals surface area contributed by atoms with E-state index in [0.29, 0.717) is 18.1 Å². The maximum Gasteiger partial charge on any atom is 0.294 e. The molecule has 2 aromatic carbocycles. The molecule has 0 atom stereocenters. The molecule has 0 saturated carbocycles. The van der Waals surface area contributed by atoms with Crippen LogP contribution in [0.25, 0.3) is 11.0 Å². The van der Waals surface area contributed by atoms with Crippen molar-refractivity contribution in [2.75, 3.05) is 11.4 Å². The number of rotatable bonds is 4. The van der Waals surface area contributed by atoms with E-state index in [1.807, 2.05) is 59.7 Å². The Kier molecular flexibility index (Phi) is 4.45. The molecule has 6 heteroatoms. The summed E-state index contributed by atoms with van der Waals surface area (Å²) in [7, 11) is 0. The Balaban J connectivity index is 1.52. The van der Waals surface area contributed by atoms with E-state index in [4.69, 9.17) is 4.42 Å². The molecule has 4 aromatic rings. The van der Waals surface area contributed by atoms with E-state index in [1.54, 1.807) is 23.1 Å². The number of thiazole rings is 1. The Morgan fingerprint density at radius 2 is 2.04 bits per heavy atom. The quantitative estimate of drug-likeness (QED) is 0.408. The van der Waals surface area contributed by atoms with Crippen LogP contribution in [0.1, 0.15) is 27.4 Å². The van der Waals surface area contributed by atoms with Gasteiger partial charge < -0.3 is 9.32 Å². The summed E-state index contributed by atoms with van der Waals surface area (Å²) in [6, 6.07) is 16.0. The van der Waals surface area contributed by atoms with Crippen molar-refractivity contribution in [3.05, 3.63) is 76.5 Å². The number of thioether (sulfide) groups is 1. The number of amides is 1. The zero-order valence-corrected chi connectivity index (χ0v) is 17.0. The third-order valence-electron chi connectivity index (χ3n) is 4.96.